The average Bonchev–Trinajstić information content (AvgIpc) is 3.56. The van der Waals surface area contributed by atoms with Crippen molar-refractivity contribution in [3.05, 3.63) is 98.7 Å². The summed E-state index contributed by atoms with van der Waals surface area (Å²) in [5.74, 6) is 0.982. The summed E-state index contributed by atoms with van der Waals surface area (Å²) in [6, 6.07) is 20.8. The van der Waals surface area contributed by atoms with Crippen molar-refractivity contribution in [2.75, 3.05) is 19.6 Å². The molecule has 220 valence electrons. The number of benzene rings is 2. The van der Waals surface area contributed by atoms with Gasteiger partial charge in [-0.25, -0.2) is 4.98 Å². The van der Waals surface area contributed by atoms with Crippen molar-refractivity contribution in [1.82, 2.24) is 19.4 Å². The fourth-order valence-corrected chi connectivity index (χ4v) is 7.72. The number of rotatable bonds is 9. The van der Waals surface area contributed by atoms with E-state index >= 15 is 0 Å². The first-order valence-electron chi connectivity index (χ1n) is 15.6. The number of aromatic nitrogens is 2. The number of hydrogen-bond acceptors (Lipinski definition) is 5. The van der Waals surface area contributed by atoms with Gasteiger partial charge in [-0.15, -0.1) is 11.3 Å². The lowest BCUT2D eigenvalue weighted by atomic mass is 9.79. The Labute approximate surface area is 253 Å². The fraction of sp³-hybridized carbons (Fsp3) is 0.457. The Morgan fingerprint density at radius 3 is 2.48 bits per heavy atom. The predicted octanol–water partition coefficient (Wildman–Crippen LogP) is 6.60. The molecule has 0 radical (unpaired) electrons. The monoisotopic (exact) mass is 582 g/mol. The average molecular weight is 583 g/mol. The van der Waals surface area contributed by atoms with Gasteiger partial charge >= 0.3 is 0 Å². The maximum absolute atomic E-state index is 14.2. The highest BCUT2D eigenvalue weighted by Crippen LogP contribution is 2.35. The number of pyridine rings is 1. The van der Waals surface area contributed by atoms with Crippen LogP contribution >= 0.6 is 11.3 Å². The van der Waals surface area contributed by atoms with E-state index in [1.165, 1.54) is 12.0 Å². The molecule has 3 heterocycles. The van der Waals surface area contributed by atoms with Crippen LogP contribution in [-0.2, 0) is 24.9 Å². The normalized spacial score (nSPS) is 17.8. The second-order valence-corrected chi connectivity index (χ2v) is 13.0. The Kier molecular flexibility index (Phi) is 9.15. The van der Waals surface area contributed by atoms with Crippen molar-refractivity contribution in [3.8, 4) is 0 Å². The number of amides is 1. The van der Waals surface area contributed by atoms with Crippen molar-refractivity contribution in [3.63, 3.8) is 0 Å². The van der Waals surface area contributed by atoms with Gasteiger partial charge in [-0.05, 0) is 67.8 Å². The van der Waals surface area contributed by atoms with Crippen LogP contribution in [0.5, 0.6) is 0 Å². The van der Waals surface area contributed by atoms with E-state index in [0.717, 1.165) is 74.8 Å². The minimum absolute atomic E-state index is 0.0123. The van der Waals surface area contributed by atoms with Gasteiger partial charge in [-0.3, -0.25) is 14.5 Å². The van der Waals surface area contributed by atoms with Crippen molar-refractivity contribution in [1.29, 1.82) is 0 Å². The van der Waals surface area contributed by atoms with Gasteiger partial charge in [0.25, 0.3) is 5.56 Å². The molecular formula is C35H42N4O2S. The highest BCUT2D eigenvalue weighted by atomic mass is 32.1. The van der Waals surface area contributed by atoms with E-state index in [1.807, 2.05) is 36.8 Å². The third-order valence-corrected chi connectivity index (χ3v) is 10.2. The molecule has 2 aromatic heterocycles. The predicted molar refractivity (Wildman–Crippen MR) is 170 cm³/mol. The first-order chi connectivity index (χ1) is 20.6. The zero-order valence-electron chi connectivity index (χ0n) is 24.7. The number of likely N-dealkylation sites (tertiary alicyclic amines) is 1. The molecule has 7 heteroatoms. The maximum Gasteiger partial charge on any atom is 0.255 e. The number of fused-ring (bicyclic) bond motifs is 1. The summed E-state index contributed by atoms with van der Waals surface area (Å²) in [5, 5.41) is 3.18. The molecule has 6 rings (SSSR count). The molecule has 0 bridgehead atoms. The summed E-state index contributed by atoms with van der Waals surface area (Å²) in [5.41, 5.74) is 5.96. The van der Waals surface area contributed by atoms with Gasteiger partial charge < -0.3 is 9.47 Å². The van der Waals surface area contributed by atoms with Crippen molar-refractivity contribution < 1.29 is 4.79 Å². The highest BCUT2D eigenvalue weighted by molar-refractivity contribution is 7.07. The second-order valence-electron chi connectivity index (χ2n) is 12.3. The summed E-state index contributed by atoms with van der Waals surface area (Å²) in [7, 11) is 1.84. The summed E-state index contributed by atoms with van der Waals surface area (Å²) < 4.78 is 1.74. The van der Waals surface area contributed by atoms with Gasteiger partial charge in [0.05, 0.1) is 23.3 Å². The molecule has 1 aliphatic heterocycles. The molecule has 1 amide bonds. The number of piperidine rings is 1. The Bertz CT molecular complexity index is 1520. The lowest BCUT2D eigenvalue weighted by molar-refractivity contribution is -0.137. The van der Waals surface area contributed by atoms with E-state index in [0.29, 0.717) is 24.6 Å². The number of aryl methyl sites for hydroxylation is 1. The molecule has 1 atom stereocenters. The minimum atomic E-state index is -0.0123. The second kappa shape index (κ2) is 13.3. The van der Waals surface area contributed by atoms with Crippen LogP contribution in [0.3, 0.4) is 0 Å². The Hall–Kier alpha value is -3.29. The third kappa shape index (κ3) is 6.52. The van der Waals surface area contributed by atoms with E-state index in [2.05, 4.69) is 56.6 Å². The molecule has 0 N–H and O–H groups in total. The zero-order chi connectivity index (χ0) is 28.9. The molecule has 0 spiro atoms. The van der Waals surface area contributed by atoms with E-state index in [-0.39, 0.29) is 23.3 Å². The SMILES string of the molecule is Cn1c(=O)c(CN(CC(c2ccccc2)C2CCN(Cc3cscn3)CC2)C(=O)C2CCCCC2)cc2ccccc21. The van der Waals surface area contributed by atoms with Crippen LogP contribution in [0.1, 0.15) is 67.7 Å². The molecule has 2 aromatic carbocycles. The highest BCUT2D eigenvalue weighted by Gasteiger charge is 2.33. The molecule has 1 saturated heterocycles. The number of thiazole rings is 1. The molecule has 2 aliphatic rings. The first kappa shape index (κ1) is 28.8. The van der Waals surface area contributed by atoms with Crippen LogP contribution in [0.4, 0.5) is 0 Å². The minimum Gasteiger partial charge on any atom is -0.337 e. The summed E-state index contributed by atoms with van der Waals surface area (Å²) in [4.78, 5) is 36.9. The van der Waals surface area contributed by atoms with E-state index in [1.54, 1.807) is 15.9 Å². The lowest BCUT2D eigenvalue weighted by Crippen LogP contribution is -2.43. The van der Waals surface area contributed by atoms with Gasteiger partial charge in [0, 0.05) is 42.9 Å². The van der Waals surface area contributed by atoms with Gasteiger partial charge in [-0.2, -0.15) is 0 Å². The largest absolute Gasteiger partial charge is 0.337 e. The van der Waals surface area contributed by atoms with E-state index in [4.69, 9.17) is 0 Å². The lowest BCUT2D eigenvalue weighted by Gasteiger charge is -2.39. The van der Waals surface area contributed by atoms with Gasteiger partial charge in [0.15, 0.2) is 0 Å². The van der Waals surface area contributed by atoms with E-state index < -0.39 is 0 Å². The summed E-state index contributed by atoms with van der Waals surface area (Å²) in [6.07, 6.45) is 7.52. The number of para-hydroxylation sites is 1. The van der Waals surface area contributed by atoms with Crippen molar-refractivity contribution in [2.24, 2.45) is 18.9 Å². The van der Waals surface area contributed by atoms with Crippen molar-refractivity contribution >= 4 is 28.1 Å². The smallest absolute Gasteiger partial charge is 0.255 e. The van der Waals surface area contributed by atoms with Crippen LogP contribution in [0, 0.1) is 11.8 Å². The summed E-state index contributed by atoms with van der Waals surface area (Å²) in [6.45, 7) is 3.98. The molecule has 2 fully saturated rings. The van der Waals surface area contributed by atoms with Gasteiger partial charge in [-0.1, -0.05) is 67.8 Å². The van der Waals surface area contributed by atoms with Crippen LogP contribution < -0.4 is 5.56 Å². The molecule has 6 nitrogen and oxygen atoms in total. The Balaban J connectivity index is 1.28. The third-order valence-electron chi connectivity index (χ3n) is 9.55. The van der Waals surface area contributed by atoms with Crippen LogP contribution in [0.25, 0.3) is 10.9 Å². The maximum atomic E-state index is 14.2. The molecule has 1 aliphatic carbocycles. The number of carbonyl (C=O) groups excluding carboxylic acids is 1. The van der Waals surface area contributed by atoms with Gasteiger partial charge in [0.2, 0.25) is 5.91 Å². The number of hydrogen-bond donors (Lipinski definition) is 0. The molecule has 42 heavy (non-hydrogen) atoms. The van der Waals surface area contributed by atoms with E-state index in [9.17, 15) is 9.59 Å². The zero-order valence-corrected chi connectivity index (χ0v) is 25.5. The summed E-state index contributed by atoms with van der Waals surface area (Å²) >= 11 is 1.66. The molecule has 4 aromatic rings. The molecule has 1 unspecified atom stereocenters. The fourth-order valence-electron chi connectivity index (χ4n) is 7.17. The van der Waals surface area contributed by atoms with Crippen molar-refractivity contribution in [2.45, 2.75) is 64.0 Å². The quantitative estimate of drug-likeness (QED) is 0.223. The standard InChI is InChI=1S/C35H42N4O2S/c1-37-33-15-9-8-14-29(33)20-30(34(37)40)21-39(35(41)28-12-6-3-7-13-28)23-32(26-10-4-2-5-11-26)27-16-18-38(19-17-27)22-31-24-42-25-36-31/h2,4-5,8-11,14-15,20,24-25,27-28,32H,3,6-7,12-13,16-19,21-23H2,1H3. The number of carbonyl (C=O) groups is 1. The topological polar surface area (TPSA) is 58.4 Å². The molecular weight excluding hydrogens is 540 g/mol. The first-order valence-corrected chi connectivity index (χ1v) is 16.5. The van der Waals surface area contributed by atoms with Crippen LogP contribution in [0.2, 0.25) is 0 Å². The number of nitrogens with zero attached hydrogens (tertiary/aromatic N) is 4. The Morgan fingerprint density at radius 2 is 1.74 bits per heavy atom. The molecule has 1 saturated carbocycles. The Morgan fingerprint density at radius 1 is 1.00 bits per heavy atom. The van der Waals surface area contributed by atoms with Crippen LogP contribution in [0.15, 0.2) is 76.3 Å². The van der Waals surface area contributed by atoms with Crippen LogP contribution in [-0.4, -0.2) is 44.9 Å². The van der Waals surface area contributed by atoms with Gasteiger partial charge in [0.1, 0.15) is 0 Å².